The van der Waals surface area contributed by atoms with Crippen LogP contribution in [0.25, 0.3) is 0 Å². The van der Waals surface area contributed by atoms with E-state index in [0.717, 1.165) is 12.8 Å². The van der Waals surface area contributed by atoms with Crippen molar-refractivity contribution >= 4 is 23.6 Å². The SMILES string of the molecule is CCC(CC)(CNC(=O)c1c(C)[nH]c(C(=O)O)c1C)SC. The molecule has 6 heteroatoms. The fourth-order valence-electron chi connectivity index (χ4n) is 2.50. The molecule has 118 valence electrons. The van der Waals surface area contributed by atoms with Crippen molar-refractivity contribution in [1.82, 2.24) is 10.3 Å². The minimum absolute atomic E-state index is 0.0312. The molecule has 0 fully saturated rings. The lowest BCUT2D eigenvalue weighted by molar-refractivity contribution is 0.0690. The molecule has 21 heavy (non-hydrogen) atoms. The van der Waals surface area contributed by atoms with Gasteiger partial charge < -0.3 is 15.4 Å². The summed E-state index contributed by atoms with van der Waals surface area (Å²) in [5.41, 5.74) is 1.60. The zero-order chi connectivity index (χ0) is 16.2. The molecule has 1 amide bonds. The quantitative estimate of drug-likeness (QED) is 0.723. The molecule has 5 nitrogen and oxygen atoms in total. The number of thioether (sulfide) groups is 1. The van der Waals surface area contributed by atoms with Gasteiger partial charge in [-0.3, -0.25) is 4.79 Å². The molecule has 0 aliphatic rings. The Kier molecular flexibility index (Phi) is 5.89. The van der Waals surface area contributed by atoms with Gasteiger partial charge in [-0.2, -0.15) is 11.8 Å². The van der Waals surface area contributed by atoms with E-state index in [2.05, 4.69) is 30.4 Å². The molecular formula is C15H24N2O3S. The normalized spacial score (nSPS) is 11.5. The number of hydrogen-bond donors (Lipinski definition) is 3. The summed E-state index contributed by atoms with van der Waals surface area (Å²) in [7, 11) is 0. The number of nitrogens with one attached hydrogen (secondary N) is 2. The second-order valence-corrected chi connectivity index (χ2v) is 6.48. The number of carboxylic acid groups (broad SMARTS) is 1. The van der Waals surface area contributed by atoms with E-state index in [-0.39, 0.29) is 16.3 Å². The zero-order valence-electron chi connectivity index (χ0n) is 13.3. The van der Waals surface area contributed by atoms with Gasteiger partial charge in [0.25, 0.3) is 5.91 Å². The van der Waals surface area contributed by atoms with E-state index in [4.69, 9.17) is 5.11 Å². The molecule has 0 spiro atoms. The summed E-state index contributed by atoms with van der Waals surface area (Å²) in [6, 6.07) is 0. The number of H-pyrrole nitrogens is 1. The standard InChI is InChI=1S/C15H24N2O3S/c1-6-15(7-2,21-5)8-16-13(18)11-9(3)12(14(19)20)17-10(11)4/h17H,6-8H2,1-5H3,(H,16,18)(H,19,20). The topological polar surface area (TPSA) is 82.2 Å². The lowest BCUT2D eigenvalue weighted by Gasteiger charge is -2.29. The number of aromatic amines is 1. The molecular weight excluding hydrogens is 288 g/mol. The molecule has 0 aliphatic heterocycles. The van der Waals surface area contributed by atoms with Gasteiger partial charge in [0.15, 0.2) is 0 Å². The largest absolute Gasteiger partial charge is 0.477 e. The van der Waals surface area contributed by atoms with E-state index in [1.54, 1.807) is 25.6 Å². The molecule has 0 bridgehead atoms. The van der Waals surface area contributed by atoms with Crippen LogP contribution in [0.15, 0.2) is 0 Å². The number of carbonyl (C=O) groups is 2. The first kappa shape index (κ1) is 17.6. The van der Waals surface area contributed by atoms with Crippen molar-refractivity contribution in [3.05, 3.63) is 22.5 Å². The number of hydrogen-bond acceptors (Lipinski definition) is 3. The monoisotopic (exact) mass is 312 g/mol. The van der Waals surface area contributed by atoms with Crippen LogP contribution in [0.5, 0.6) is 0 Å². The average molecular weight is 312 g/mol. The predicted octanol–water partition coefficient (Wildman–Crippen LogP) is 2.98. The maximum atomic E-state index is 12.4. The molecule has 0 saturated heterocycles. The van der Waals surface area contributed by atoms with E-state index in [1.807, 2.05) is 0 Å². The third kappa shape index (κ3) is 3.61. The summed E-state index contributed by atoms with van der Waals surface area (Å²) in [5, 5.41) is 12.0. The number of aromatic carboxylic acids is 1. The third-order valence-electron chi connectivity index (χ3n) is 4.17. The maximum absolute atomic E-state index is 12.4. The first-order valence-corrected chi connectivity index (χ1v) is 8.30. The lowest BCUT2D eigenvalue weighted by Crippen LogP contribution is -2.39. The van der Waals surface area contributed by atoms with E-state index in [0.29, 0.717) is 23.4 Å². The van der Waals surface area contributed by atoms with Crippen LogP contribution >= 0.6 is 11.8 Å². The van der Waals surface area contributed by atoms with Crippen molar-refractivity contribution in [1.29, 1.82) is 0 Å². The maximum Gasteiger partial charge on any atom is 0.352 e. The van der Waals surface area contributed by atoms with Gasteiger partial charge >= 0.3 is 5.97 Å². The van der Waals surface area contributed by atoms with Crippen LogP contribution in [0.4, 0.5) is 0 Å². The van der Waals surface area contributed by atoms with Gasteiger partial charge in [0.1, 0.15) is 5.69 Å². The van der Waals surface area contributed by atoms with E-state index < -0.39 is 5.97 Å². The van der Waals surface area contributed by atoms with Gasteiger partial charge in [-0.15, -0.1) is 0 Å². The highest BCUT2D eigenvalue weighted by molar-refractivity contribution is 8.00. The Morgan fingerprint density at radius 2 is 1.86 bits per heavy atom. The van der Waals surface area contributed by atoms with Crippen molar-refractivity contribution in [2.24, 2.45) is 0 Å². The summed E-state index contributed by atoms with van der Waals surface area (Å²) in [5.74, 6) is -1.26. The molecule has 1 aromatic rings. The summed E-state index contributed by atoms with van der Waals surface area (Å²) in [4.78, 5) is 26.2. The Morgan fingerprint density at radius 3 is 2.24 bits per heavy atom. The summed E-state index contributed by atoms with van der Waals surface area (Å²) >= 11 is 1.76. The van der Waals surface area contributed by atoms with Gasteiger partial charge in [-0.25, -0.2) is 4.79 Å². The van der Waals surface area contributed by atoms with Crippen molar-refractivity contribution in [2.45, 2.75) is 45.3 Å². The highest BCUT2D eigenvalue weighted by Crippen LogP contribution is 2.29. The zero-order valence-corrected chi connectivity index (χ0v) is 14.1. The van der Waals surface area contributed by atoms with E-state index in [1.165, 1.54) is 0 Å². The molecule has 0 saturated carbocycles. The molecule has 3 N–H and O–H groups in total. The lowest BCUT2D eigenvalue weighted by atomic mass is 10.0. The Hall–Kier alpha value is -1.43. The van der Waals surface area contributed by atoms with Crippen LogP contribution in [0.2, 0.25) is 0 Å². The first-order chi connectivity index (χ1) is 9.81. The van der Waals surface area contributed by atoms with Crippen LogP contribution in [0.1, 0.15) is 58.8 Å². The Morgan fingerprint density at radius 1 is 1.29 bits per heavy atom. The number of aromatic nitrogens is 1. The number of rotatable bonds is 7. The van der Waals surface area contributed by atoms with Crippen molar-refractivity contribution in [2.75, 3.05) is 12.8 Å². The summed E-state index contributed by atoms with van der Waals surface area (Å²) < 4.78 is 0.0312. The second-order valence-electron chi connectivity index (χ2n) is 5.21. The third-order valence-corrected chi connectivity index (χ3v) is 5.76. The fourth-order valence-corrected chi connectivity index (χ4v) is 3.29. The van der Waals surface area contributed by atoms with Crippen LogP contribution < -0.4 is 5.32 Å². The molecule has 1 aromatic heterocycles. The van der Waals surface area contributed by atoms with Crippen molar-refractivity contribution in [3.8, 4) is 0 Å². The summed E-state index contributed by atoms with van der Waals surface area (Å²) in [6.07, 6.45) is 3.99. The number of aryl methyl sites for hydroxylation is 1. The van der Waals surface area contributed by atoms with Gasteiger partial charge in [-0.1, -0.05) is 13.8 Å². The molecule has 0 unspecified atom stereocenters. The number of carboxylic acids is 1. The fraction of sp³-hybridized carbons (Fsp3) is 0.600. The van der Waals surface area contributed by atoms with Gasteiger partial charge in [-0.05, 0) is 38.5 Å². The molecule has 0 aromatic carbocycles. The molecule has 1 rings (SSSR count). The van der Waals surface area contributed by atoms with Crippen molar-refractivity contribution < 1.29 is 14.7 Å². The smallest absolute Gasteiger partial charge is 0.352 e. The molecule has 1 heterocycles. The van der Waals surface area contributed by atoms with Crippen LogP contribution in [-0.4, -0.2) is 39.5 Å². The second kappa shape index (κ2) is 7.02. The van der Waals surface area contributed by atoms with E-state index in [9.17, 15) is 9.59 Å². The molecule has 0 radical (unpaired) electrons. The Balaban J connectivity index is 2.93. The highest BCUT2D eigenvalue weighted by atomic mass is 32.2. The van der Waals surface area contributed by atoms with Gasteiger partial charge in [0.05, 0.1) is 5.56 Å². The van der Waals surface area contributed by atoms with Gasteiger partial charge in [0.2, 0.25) is 0 Å². The molecule has 0 aliphatic carbocycles. The van der Waals surface area contributed by atoms with Crippen LogP contribution in [0.3, 0.4) is 0 Å². The van der Waals surface area contributed by atoms with Gasteiger partial charge in [0, 0.05) is 17.0 Å². The Bertz CT molecular complexity index is 525. The first-order valence-electron chi connectivity index (χ1n) is 7.07. The number of carbonyl (C=O) groups excluding carboxylic acids is 1. The molecule has 0 atom stereocenters. The highest BCUT2D eigenvalue weighted by Gasteiger charge is 2.27. The minimum Gasteiger partial charge on any atom is -0.477 e. The van der Waals surface area contributed by atoms with E-state index >= 15 is 0 Å². The summed E-state index contributed by atoms with van der Waals surface area (Å²) in [6.45, 7) is 8.18. The number of amides is 1. The van der Waals surface area contributed by atoms with Crippen LogP contribution in [0, 0.1) is 13.8 Å². The van der Waals surface area contributed by atoms with Crippen molar-refractivity contribution in [3.63, 3.8) is 0 Å². The van der Waals surface area contributed by atoms with Crippen LogP contribution in [-0.2, 0) is 0 Å². The Labute approximate surface area is 129 Å². The average Bonchev–Trinajstić information content (AvgIpc) is 2.76. The minimum atomic E-state index is -1.05. The predicted molar refractivity (Wildman–Crippen MR) is 86.4 cm³/mol.